The topological polar surface area (TPSA) is 84.3 Å². The minimum absolute atomic E-state index is 0.249. The molecule has 0 aliphatic carbocycles. The molecule has 0 saturated carbocycles. The maximum absolute atomic E-state index is 12.6. The van der Waals surface area contributed by atoms with Crippen molar-refractivity contribution < 1.29 is 14.4 Å². The van der Waals surface area contributed by atoms with E-state index in [0.717, 1.165) is 17.0 Å². The van der Waals surface area contributed by atoms with Crippen molar-refractivity contribution in [1.82, 2.24) is 15.1 Å². The summed E-state index contributed by atoms with van der Waals surface area (Å²) in [6.45, 7) is 3.19. The molecule has 1 N–H and O–H groups in total. The minimum atomic E-state index is -0.377. The summed E-state index contributed by atoms with van der Waals surface area (Å²) < 4.78 is 1.88. The fraction of sp³-hybridized carbons (Fsp3) is 0.182. The van der Waals surface area contributed by atoms with E-state index in [-0.39, 0.29) is 17.7 Å². The average molecular weight is 388 g/mol. The van der Waals surface area contributed by atoms with Crippen LogP contribution in [0.2, 0.25) is 0 Å². The number of carbonyl (C=O) groups excluding carboxylic acids is 3. The quantitative estimate of drug-likeness (QED) is 0.520. The van der Waals surface area contributed by atoms with Crippen molar-refractivity contribution in [1.29, 1.82) is 0 Å². The number of aromatic nitrogens is 2. The van der Waals surface area contributed by atoms with Gasteiger partial charge in [0.2, 0.25) is 0 Å². The number of aryl methyl sites for hydroxylation is 2. The third-order valence-electron chi connectivity index (χ3n) is 4.92. The Morgan fingerprint density at radius 1 is 1.00 bits per heavy atom. The van der Waals surface area contributed by atoms with Gasteiger partial charge in [0.25, 0.3) is 17.7 Å². The molecule has 4 rings (SSSR count). The first-order chi connectivity index (χ1) is 14.1. The zero-order valence-corrected chi connectivity index (χ0v) is 16.0. The predicted octanol–water partition coefficient (Wildman–Crippen LogP) is 2.81. The molecule has 7 heteroatoms. The van der Waals surface area contributed by atoms with Crippen LogP contribution in [0.15, 0.2) is 60.8 Å². The normalized spacial score (nSPS) is 12.9. The number of nitrogens with zero attached hydrogens (tertiary/aromatic N) is 3. The van der Waals surface area contributed by atoms with Gasteiger partial charge in [-0.3, -0.25) is 19.1 Å². The van der Waals surface area contributed by atoms with Crippen molar-refractivity contribution in [2.24, 2.45) is 0 Å². The summed E-state index contributed by atoms with van der Waals surface area (Å²) in [5.41, 5.74) is 2.61. The smallest absolute Gasteiger partial charge is 0.266 e. The van der Waals surface area contributed by atoms with E-state index in [1.165, 1.54) is 0 Å². The number of rotatable bonds is 6. The highest BCUT2D eigenvalue weighted by Crippen LogP contribution is 2.28. The van der Waals surface area contributed by atoms with Crippen molar-refractivity contribution >= 4 is 23.4 Å². The lowest BCUT2D eigenvalue weighted by Gasteiger charge is -2.15. The molecule has 29 heavy (non-hydrogen) atoms. The van der Waals surface area contributed by atoms with Gasteiger partial charge in [0.05, 0.1) is 16.8 Å². The van der Waals surface area contributed by atoms with Crippen molar-refractivity contribution in [2.75, 3.05) is 11.4 Å². The summed E-state index contributed by atoms with van der Waals surface area (Å²) in [5.74, 6) is -1.00. The van der Waals surface area contributed by atoms with Gasteiger partial charge in [-0.05, 0) is 49.7 Å². The Kier molecular flexibility index (Phi) is 4.95. The molecule has 2 heterocycles. The molecule has 2 aromatic carbocycles. The van der Waals surface area contributed by atoms with Gasteiger partial charge in [-0.25, -0.2) is 4.90 Å². The number of hydrogen-bond donors (Lipinski definition) is 1. The maximum Gasteiger partial charge on any atom is 0.266 e. The Morgan fingerprint density at radius 2 is 1.72 bits per heavy atom. The second-order valence-corrected chi connectivity index (χ2v) is 6.85. The molecule has 146 valence electrons. The number of amides is 3. The summed E-state index contributed by atoms with van der Waals surface area (Å²) in [6, 6.07) is 15.2. The summed E-state index contributed by atoms with van der Waals surface area (Å²) in [7, 11) is 0. The molecule has 0 radical (unpaired) electrons. The number of anilines is 1. The molecule has 0 fully saturated rings. The molecule has 1 aliphatic rings. The minimum Gasteiger partial charge on any atom is -0.352 e. The highest BCUT2D eigenvalue weighted by atomic mass is 16.2. The Morgan fingerprint density at radius 3 is 2.38 bits per heavy atom. The maximum atomic E-state index is 12.6. The summed E-state index contributed by atoms with van der Waals surface area (Å²) in [6.07, 6.45) is 2.49. The second-order valence-electron chi connectivity index (χ2n) is 6.85. The Hall–Kier alpha value is -3.74. The molecule has 0 unspecified atom stereocenters. The average Bonchev–Trinajstić information content (AvgIpc) is 3.26. The van der Waals surface area contributed by atoms with Crippen molar-refractivity contribution in [3.05, 3.63) is 83.2 Å². The molecule has 3 amide bonds. The Balaban J connectivity index is 1.42. The standard InChI is InChI=1S/C22H20N4O3/c1-15-10-12-24-25(15)13-5-11-23-20(27)16-6-4-7-17(14-16)26-21(28)18-8-2-3-9-19(18)22(26)29/h2-4,6-10,12,14H,5,11,13H2,1H3,(H,23,27). The van der Waals surface area contributed by atoms with E-state index in [0.29, 0.717) is 35.5 Å². The van der Waals surface area contributed by atoms with Crippen LogP contribution in [0.3, 0.4) is 0 Å². The van der Waals surface area contributed by atoms with Crippen LogP contribution < -0.4 is 10.2 Å². The third-order valence-corrected chi connectivity index (χ3v) is 4.92. The van der Waals surface area contributed by atoms with Crippen molar-refractivity contribution in [3.8, 4) is 0 Å². The SMILES string of the molecule is Cc1ccnn1CCCNC(=O)c1cccc(N2C(=O)c3ccccc3C2=O)c1. The van der Waals surface area contributed by atoms with E-state index in [9.17, 15) is 14.4 Å². The number of hydrogen-bond acceptors (Lipinski definition) is 4. The molecular formula is C22H20N4O3. The summed E-state index contributed by atoms with van der Waals surface area (Å²) >= 11 is 0. The lowest BCUT2D eigenvalue weighted by atomic mass is 10.1. The molecule has 3 aromatic rings. The number of imide groups is 1. The highest BCUT2D eigenvalue weighted by molar-refractivity contribution is 6.34. The van der Waals surface area contributed by atoms with Gasteiger partial charge >= 0.3 is 0 Å². The molecule has 0 bridgehead atoms. The first kappa shape index (κ1) is 18.6. The Labute approximate surface area is 167 Å². The monoisotopic (exact) mass is 388 g/mol. The van der Waals surface area contributed by atoms with Crippen molar-refractivity contribution in [2.45, 2.75) is 19.9 Å². The number of fused-ring (bicyclic) bond motifs is 1. The van der Waals surface area contributed by atoms with Crippen LogP contribution in [0.25, 0.3) is 0 Å². The predicted molar refractivity (Wildman–Crippen MR) is 108 cm³/mol. The summed E-state index contributed by atoms with van der Waals surface area (Å²) in [5, 5.41) is 7.08. The third kappa shape index (κ3) is 3.54. The van der Waals surface area contributed by atoms with Crippen LogP contribution in [0, 0.1) is 6.92 Å². The van der Waals surface area contributed by atoms with E-state index < -0.39 is 0 Å². The molecule has 7 nitrogen and oxygen atoms in total. The van der Waals surface area contributed by atoms with Crippen LogP contribution in [0.1, 0.15) is 43.2 Å². The van der Waals surface area contributed by atoms with Crippen molar-refractivity contribution in [3.63, 3.8) is 0 Å². The zero-order chi connectivity index (χ0) is 20.4. The first-order valence-corrected chi connectivity index (χ1v) is 9.41. The van der Waals surface area contributed by atoms with Gasteiger partial charge in [-0.15, -0.1) is 0 Å². The number of nitrogens with one attached hydrogen (secondary N) is 1. The van der Waals surface area contributed by atoms with Crippen LogP contribution >= 0.6 is 0 Å². The van der Waals surface area contributed by atoms with Crippen LogP contribution in [0.4, 0.5) is 5.69 Å². The fourth-order valence-corrected chi connectivity index (χ4v) is 3.38. The molecule has 0 atom stereocenters. The largest absolute Gasteiger partial charge is 0.352 e. The lowest BCUT2D eigenvalue weighted by Crippen LogP contribution is -2.30. The van der Waals surface area contributed by atoms with Gasteiger partial charge in [-0.2, -0.15) is 5.10 Å². The van der Waals surface area contributed by atoms with Gasteiger partial charge < -0.3 is 5.32 Å². The molecular weight excluding hydrogens is 368 g/mol. The van der Waals surface area contributed by atoms with E-state index >= 15 is 0 Å². The number of benzene rings is 2. The zero-order valence-electron chi connectivity index (χ0n) is 16.0. The van der Waals surface area contributed by atoms with E-state index in [2.05, 4.69) is 10.4 Å². The molecule has 1 aliphatic heterocycles. The lowest BCUT2D eigenvalue weighted by molar-refractivity contribution is 0.0919. The molecule has 1 aromatic heterocycles. The van der Waals surface area contributed by atoms with Crippen LogP contribution in [-0.4, -0.2) is 34.0 Å². The second kappa shape index (κ2) is 7.71. The van der Waals surface area contributed by atoms with E-state index in [1.807, 2.05) is 17.7 Å². The van der Waals surface area contributed by atoms with E-state index in [4.69, 9.17) is 0 Å². The van der Waals surface area contributed by atoms with Gasteiger partial charge in [0.1, 0.15) is 0 Å². The molecule has 0 saturated heterocycles. The van der Waals surface area contributed by atoms with Gasteiger partial charge in [-0.1, -0.05) is 18.2 Å². The Bertz CT molecular complexity index is 1070. The molecule has 0 spiro atoms. The summed E-state index contributed by atoms with van der Waals surface area (Å²) in [4.78, 5) is 38.9. The van der Waals surface area contributed by atoms with Crippen LogP contribution in [-0.2, 0) is 6.54 Å². The van der Waals surface area contributed by atoms with Gasteiger partial charge in [0, 0.05) is 30.5 Å². The first-order valence-electron chi connectivity index (χ1n) is 9.41. The van der Waals surface area contributed by atoms with E-state index in [1.54, 1.807) is 54.7 Å². The highest BCUT2D eigenvalue weighted by Gasteiger charge is 2.36. The number of carbonyl (C=O) groups is 3. The van der Waals surface area contributed by atoms with Crippen LogP contribution in [0.5, 0.6) is 0 Å². The van der Waals surface area contributed by atoms with Gasteiger partial charge in [0.15, 0.2) is 0 Å². The fourth-order valence-electron chi connectivity index (χ4n) is 3.38.